The molecule has 0 spiro atoms. The lowest BCUT2D eigenvalue weighted by Crippen LogP contribution is -2.61. The van der Waals surface area contributed by atoms with E-state index in [-0.39, 0.29) is 12.0 Å². The average molecular weight is 299 g/mol. The Balaban J connectivity index is 2.80. The Morgan fingerprint density at radius 3 is 2.29 bits per heavy atom. The van der Waals surface area contributed by atoms with Crippen LogP contribution in [-0.4, -0.2) is 64.5 Å². The third kappa shape index (κ3) is 3.93. The number of carbonyl (C=O) groups excluding carboxylic acids is 3. The van der Waals surface area contributed by atoms with Crippen LogP contribution in [0.3, 0.4) is 0 Å². The predicted molar refractivity (Wildman–Crippen MR) is 77.4 cm³/mol. The highest BCUT2D eigenvalue weighted by Crippen LogP contribution is 2.22. The quantitative estimate of drug-likeness (QED) is 0.728. The van der Waals surface area contributed by atoms with Gasteiger partial charge in [0, 0.05) is 19.6 Å². The summed E-state index contributed by atoms with van der Waals surface area (Å²) >= 11 is 0. The molecule has 1 fully saturated rings. The summed E-state index contributed by atoms with van der Waals surface area (Å²) in [5, 5.41) is 12.5. The Labute approximate surface area is 125 Å². The zero-order valence-corrected chi connectivity index (χ0v) is 13.3. The van der Waals surface area contributed by atoms with E-state index in [9.17, 15) is 19.5 Å². The van der Waals surface area contributed by atoms with Gasteiger partial charge in [0.15, 0.2) is 0 Å². The Hall–Kier alpha value is -1.63. The van der Waals surface area contributed by atoms with Crippen molar-refractivity contribution in [1.29, 1.82) is 0 Å². The van der Waals surface area contributed by atoms with Crippen molar-refractivity contribution in [2.24, 2.45) is 5.41 Å². The molecule has 0 aromatic carbocycles. The summed E-state index contributed by atoms with van der Waals surface area (Å²) < 4.78 is 0. The van der Waals surface area contributed by atoms with E-state index in [4.69, 9.17) is 0 Å². The van der Waals surface area contributed by atoms with Crippen molar-refractivity contribution >= 4 is 17.8 Å². The molecule has 1 heterocycles. The number of hydrogen-bond acceptors (Lipinski definition) is 4. The number of nitrogens with zero attached hydrogens (tertiary/aromatic N) is 2. The smallest absolute Gasteiger partial charge is 0.324 e. The van der Waals surface area contributed by atoms with E-state index in [1.54, 1.807) is 13.8 Å². The Kier molecular flexibility index (Phi) is 5.33. The van der Waals surface area contributed by atoms with E-state index in [1.165, 1.54) is 4.90 Å². The fourth-order valence-corrected chi connectivity index (χ4v) is 2.44. The van der Waals surface area contributed by atoms with Gasteiger partial charge in [0.2, 0.25) is 0 Å². The topological polar surface area (TPSA) is 89.9 Å². The van der Waals surface area contributed by atoms with Crippen molar-refractivity contribution in [2.75, 3.05) is 19.6 Å². The Bertz CT molecular complexity index is 428. The van der Waals surface area contributed by atoms with Crippen LogP contribution in [0.2, 0.25) is 0 Å². The van der Waals surface area contributed by atoms with Crippen LogP contribution in [-0.2, 0) is 9.59 Å². The zero-order valence-electron chi connectivity index (χ0n) is 13.3. The molecular formula is C14H25N3O4. The molecule has 21 heavy (non-hydrogen) atoms. The first-order valence-corrected chi connectivity index (χ1v) is 7.19. The minimum atomic E-state index is -0.821. The van der Waals surface area contributed by atoms with Crippen molar-refractivity contribution in [3.63, 3.8) is 0 Å². The third-order valence-corrected chi connectivity index (χ3v) is 3.63. The lowest BCUT2D eigenvalue weighted by Gasteiger charge is -2.37. The van der Waals surface area contributed by atoms with Crippen molar-refractivity contribution in [2.45, 2.75) is 46.8 Å². The molecule has 2 atom stereocenters. The molecule has 1 rings (SSSR count). The van der Waals surface area contributed by atoms with Gasteiger partial charge in [0.05, 0.1) is 12.1 Å². The van der Waals surface area contributed by atoms with Gasteiger partial charge in [0.25, 0.3) is 0 Å². The van der Waals surface area contributed by atoms with Crippen LogP contribution in [0.25, 0.3) is 0 Å². The molecule has 1 saturated heterocycles. The first kappa shape index (κ1) is 17.4. The van der Waals surface area contributed by atoms with E-state index in [1.807, 2.05) is 20.8 Å². The number of rotatable bonds is 3. The fraction of sp³-hybridized carbons (Fsp3) is 0.786. The van der Waals surface area contributed by atoms with Crippen LogP contribution in [0.15, 0.2) is 0 Å². The van der Waals surface area contributed by atoms with Gasteiger partial charge in [-0.3, -0.25) is 14.5 Å². The van der Waals surface area contributed by atoms with Gasteiger partial charge < -0.3 is 15.3 Å². The summed E-state index contributed by atoms with van der Waals surface area (Å²) in [6, 6.07) is -1.15. The van der Waals surface area contributed by atoms with Crippen LogP contribution < -0.4 is 5.32 Å². The second-order valence-electron chi connectivity index (χ2n) is 6.38. The molecule has 0 aromatic heterocycles. The predicted octanol–water partition coefficient (Wildman–Crippen LogP) is 0.182. The van der Waals surface area contributed by atoms with E-state index in [0.29, 0.717) is 13.1 Å². The highest BCUT2D eigenvalue weighted by Gasteiger charge is 2.38. The van der Waals surface area contributed by atoms with Crippen LogP contribution in [0.1, 0.15) is 34.6 Å². The molecule has 7 nitrogen and oxygen atoms in total. The normalized spacial score (nSPS) is 19.5. The standard InChI is InChI=1S/C14H25N3O4/c1-6-16-7-8-17(12(20)11(16)19)13(21)15-10(9(2)18)14(3,4)5/h9-10,18H,6-8H2,1-5H3,(H,15,21). The zero-order chi connectivity index (χ0) is 16.4. The maximum atomic E-state index is 12.2. The second kappa shape index (κ2) is 6.43. The molecule has 0 saturated carbocycles. The second-order valence-corrected chi connectivity index (χ2v) is 6.38. The SMILES string of the molecule is CCN1CCN(C(=O)NC(C(C)O)C(C)(C)C)C(=O)C1=O. The molecule has 0 radical (unpaired) electrons. The van der Waals surface area contributed by atoms with Crippen molar-refractivity contribution in [3.05, 3.63) is 0 Å². The molecular weight excluding hydrogens is 274 g/mol. The summed E-state index contributed by atoms with van der Waals surface area (Å²) in [6.45, 7) is 9.96. The van der Waals surface area contributed by atoms with Crippen LogP contribution in [0.4, 0.5) is 4.79 Å². The number of piperazine rings is 1. The van der Waals surface area contributed by atoms with Gasteiger partial charge in [-0.05, 0) is 19.3 Å². The molecule has 7 heteroatoms. The molecule has 0 aliphatic carbocycles. The molecule has 120 valence electrons. The molecule has 0 aromatic rings. The number of aliphatic hydroxyl groups is 1. The molecule has 2 unspecified atom stereocenters. The summed E-state index contributed by atoms with van der Waals surface area (Å²) in [7, 11) is 0. The van der Waals surface area contributed by atoms with Gasteiger partial charge >= 0.3 is 17.8 Å². The number of nitrogens with one attached hydrogen (secondary N) is 1. The number of carbonyl (C=O) groups is 3. The largest absolute Gasteiger partial charge is 0.391 e. The van der Waals surface area contributed by atoms with Gasteiger partial charge in [-0.15, -0.1) is 0 Å². The number of likely N-dealkylation sites (N-methyl/N-ethyl adjacent to an activating group) is 1. The minimum Gasteiger partial charge on any atom is -0.391 e. The molecule has 2 N–H and O–H groups in total. The highest BCUT2D eigenvalue weighted by atomic mass is 16.3. The van der Waals surface area contributed by atoms with Crippen LogP contribution in [0, 0.1) is 5.41 Å². The van der Waals surface area contributed by atoms with E-state index in [0.717, 1.165) is 4.90 Å². The van der Waals surface area contributed by atoms with Crippen molar-refractivity contribution in [3.8, 4) is 0 Å². The molecule has 0 bridgehead atoms. The van der Waals surface area contributed by atoms with Crippen molar-refractivity contribution < 1.29 is 19.5 Å². The molecule has 4 amide bonds. The van der Waals surface area contributed by atoms with Gasteiger partial charge in [-0.1, -0.05) is 20.8 Å². The number of imide groups is 1. The minimum absolute atomic E-state index is 0.168. The summed E-state index contributed by atoms with van der Waals surface area (Å²) in [5.41, 5.74) is -0.373. The Morgan fingerprint density at radius 2 is 1.86 bits per heavy atom. The number of aliphatic hydroxyl groups excluding tert-OH is 1. The molecule has 1 aliphatic heterocycles. The van der Waals surface area contributed by atoms with E-state index in [2.05, 4.69) is 5.32 Å². The average Bonchev–Trinajstić information content (AvgIpc) is 2.37. The lowest BCUT2D eigenvalue weighted by molar-refractivity contribution is -0.153. The molecule has 1 aliphatic rings. The van der Waals surface area contributed by atoms with Crippen LogP contribution >= 0.6 is 0 Å². The van der Waals surface area contributed by atoms with E-state index < -0.39 is 30.0 Å². The summed E-state index contributed by atoms with van der Waals surface area (Å²) in [6.07, 6.45) is -0.767. The maximum Gasteiger partial charge on any atom is 0.324 e. The number of amides is 4. The van der Waals surface area contributed by atoms with E-state index >= 15 is 0 Å². The first-order valence-electron chi connectivity index (χ1n) is 7.19. The lowest BCUT2D eigenvalue weighted by atomic mass is 9.84. The maximum absolute atomic E-state index is 12.2. The first-order chi connectivity index (χ1) is 9.59. The Morgan fingerprint density at radius 1 is 1.29 bits per heavy atom. The van der Waals surface area contributed by atoms with Gasteiger partial charge in [-0.2, -0.15) is 0 Å². The van der Waals surface area contributed by atoms with Gasteiger partial charge in [0.1, 0.15) is 0 Å². The monoisotopic (exact) mass is 299 g/mol. The van der Waals surface area contributed by atoms with Crippen LogP contribution in [0.5, 0.6) is 0 Å². The summed E-state index contributed by atoms with van der Waals surface area (Å²) in [5.74, 6) is -1.48. The number of urea groups is 1. The number of hydrogen-bond donors (Lipinski definition) is 2. The summed E-state index contributed by atoms with van der Waals surface area (Å²) in [4.78, 5) is 38.3. The van der Waals surface area contributed by atoms with Gasteiger partial charge in [-0.25, -0.2) is 4.79 Å². The third-order valence-electron chi connectivity index (χ3n) is 3.63. The fourth-order valence-electron chi connectivity index (χ4n) is 2.44. The highest BCUT2D eigenvalue weighted by molar-refractivity contribution is 6.38. The van der Waals surface area contributed by atoms with Crippen molar-refractivity contribution in [1.82, 2.24) is 15.1 Å².